The van der Waals surface area contributed by atoms with Crippen LogP contribution in [-0.2, 0) is 10.0 Å². The first-order valence-corrected chi connectivity index (χ1v) is 10.5. The van der Waals surface area contributed by atoms with E-state index in [-0.39, 0.29) is 11.3 Å². The highest BCUT2D eigenvalue weighted by molar-refractivity contribution is 7.93. The molecular weight excluding hydrogens is 403 g/mol. The molecule has 0 aromatic heterocycles. The summed E-state index contributed by atoms with van der Waals surface area (Å²) in [6.07, 6.45) is 0.798. The summed E-state index contributed by atoms with van der Waals surface area (Å²) in [6.45, 7) is 7.95. The van der Waals surface area contributed by atoms with Crippen LogP contribution in [0.3, 0.4) is 0 Å². The lowest BCUT2D eigenvalue weighted by Crippen LogP contribution is -2.30. The van der Waals surface area contributed by atoms with E-state index in [2.05, 4.69) is 5.10 Å². The van der Waals surface area contributed by atoms with Gasteiger partial charge in [-0.3, -0.25) is 9.73 Å². The zero-order valence-electron chi connectivity index (χ0n) is 16.7. The molecule has 1 N–H and O–H groups in total. The number of halogens is 3. The van der Waals surface area contributed by atoms with Gasteiger partial charge < -0.3 is 0 Å². The number of hydrogen-bond acceptors (Lipinski definition) is 4. The van der Waals surface area contributed by atoms with Crippen LogP contribution in [0.15, 0.2) is 47.6 Å². The molecule has 2 aromatic carbocycles. The second-order valence-electron chi connectivity index (χ2n) is 6.74. The topological polar surface area (TPSA) is 61.8 Å². The van der Waals surface area contributed by atoms with Crippen LogP contribution in [0.4, 0.5) is 24.5 Å². The van der Waals surface area contributed by atoms with E-state index in [1.807, 2.05) is 38.1 Å². The lowest BCUT2D eigenvalue weighted by Gasteiger charge is -2.21. The molecule has 0 bridgehead atoms. The molecule has 0 saturated carbocycles. The number of nitrogens with zero attached hydrogens (tertiary/aromatic N) is 2. The number of hydrogen-bond donors (Lipinski definition) is 1. The molecule has 5 nitrogen and oxygen atoms in total. The Morgan fingerprint density at radius 2 is 1.66 bits per heavy atom. The van der Waals surface area contributed by atoms with Crippen molar-refractivity contribution in [3.05, 3.63) is 59.2 Å². The second-order valence-corrected chi connectivity index (χ2v) is 8.42. The summed E-state index contributed by atoms with van der Waals surface area (Å²) in [5.74, 6) is 0. The van der Waals surface area contributed by atoms with Crippen molar-refractivity contribution >= 4 is 27.1 Å². The van der Waals surface area contributed by atoms with Gasteiger partial charge in [0.05, 0.1) is 17.1 Å². The molecule has 0 amide bonds. The van der Waals surface area contributed by atoms with Crippen LogP contribution in [0.2, 0.25) is 0 Å². The molecule has 0 aliphatic heterocycles. The minimum absolute atomic E-state index is 0.172. The minimum Gasteiger partial charge on any atom is -0.275 e. The van der Waals surface area contributed by atoms with Crippen molar-refractivity contribution in [2.45, 2.75) is 39.6 Å². The Morgan fingerprint density at radius 3 is 2.21 bits per heavy atom. The predicted molar refractivity (Wildman–Crippen MR) is 111 cm³/mol. The van der Waals surface area contributed by atoms with Crippen molar-refractivity contribution in [1.82, 2.24) is 0 Å². The predicted octanol–water partition coefficient (Wildman–Crippen LogP) is 5.21. The number of nitrogens with one attached hydrogen (secondary N) is 1. The van der Waals surface area contributed by atoms with Gasteiger partial charge in [0.1, 0.15) is 0 Å². The van der Waals surface area contributed by atoms with Crippen molar-refractivity contribution in [2.24, 2.45) is 5.10 Å². The molecule has 0 fully saturated rings. The fraction of sp³-hybridized carbons (Fsp3) is 0.350. The van der Waals surface area contributed by atoms with Crippen molar-refractivity contribution in [3.63, 3.8) is 0 Å². The Morgan fingerprint density at radius 1 is 1.07 bits per heavy atom. The van der Waals surface area contributed by atoms with E-state index in [1.165, 1.54) is 12.1 Å². The van der Waals surface area contributed by atoms with Crippen LogP contribution in [0.5, 0.6) is 0 Å². The summed E-state index contributed by atoms with van der Waals surface area (Å²) in [7, 11) is -5.53. The quantitative estimate of drug-likeness (QED) is 0.488. The largest absolute Gasteiger partial charge is 0.516 e. The first kappa shape index (κ1) is 22.7. The average Bonchev–Trinajstić information content (AvgIpc) is 2.62. The van der Waals surface area contributed by atoms with Gasteiger partial charge in [0.25, 0.3) is 0 Å². The highest BCUT2D eigenvalue weighted by Gasteiger charge is 2.46. The standard InChI is InChI=1S/C20H24F3N3O2S/c1-5-12-26(17-9-6-14(2)7-10-17)24-16(4)18-13-15(3)8-11-19(18)25-29(27,28)20(21,22)23/h6-11,13,25H,5,12H2,1-4H3/b24-16+. The summed E-state index contributed by atoms with van der Waals surface area (Å²) in [4.78, 5) is 0. The van der Waals surface area contributed by atoms with Crippen LogP contribution in [0.25, 0.3) is 0 Å². The van der Waals surface area contributed by atoms with Crippen LogP contribution in [0, 0.1) is 13.8 Å². The highest BCUT2D eigenvalue weighted by atomic mass is 32.2. The van der Waals surface area contributed by atoms with Gasteiger partial charge in [-0.15, -0.1) is 0 Å². The molecule has 2 aromatic rings. The molecule has 158 valence electrons. The molecular formula is C20H24F3N3O2S. The average molecular weight is 427 g/mol. The lowest BCUT2D eigenvalue weighted by atomic mass is 10.1. The van der Waals surface area contributed by atoms with E-state index in [1.54, 1.807) is 29.6 Å². The lowest BCUT2D eigenvalue weighted by molar-refractivity contribution is -0.0429. The maximum atomic E-state index is 12.8. The van der Waals surface area contributed by atoms with Gasteiger partial charge in [0.15, 0.2) is 0 Å². The Balaban J connectivity index is 2.48. The molecule has 0 aliphatic carbocycles. The fourth-order valence-corrected chi connectivity index (χ4v) is 3.23. The molecule has 0 spiro atoms. The fourth-order valence-electron chi connectivity index (χ4n) is 2.65. The van der Waals surface area contributed by atoms with Gasteiger partial charge >= 0.3 is 15.5 Å². The maximum absolute atomic E-state index is 12.8. The Kier molecular flexibility index (Phi) is 6.94. The Bertz CT molecular complexity index is 985. The van der Waals surface area contributed by atoms with Gasteiger partial charge in [0.2, 0.25) is 0 Å². The smallest absolute Gasteiger partial charge is 0.275 e. The van der Waals surface area contributed by atoms with E-state index in [4.69, 9.17) is 0 Å². The zero-order valence-corrected chi connectivity index (χ0v) is 17.5. The number of aryl methyl sites for hydroxylation is 2. The molecule has 0 unspecified atom stereocenters. The zero-order chi connectivity index (χ0) is 21.8. The molecule has 0 saturated heterocycles. The number of hydrazone groups is 1. The number of anilines is 2. The van der Waals surface area contributed by atoms with E-state index in [0.29, 0.717) is 12.3 Å². The van der Waals surface area contributed by atoms with Crippen molar-refractivity contribution < 1.29 is 21.6 Å². The van der Waals surface area contributed by atoms with Gasteiger partial charge in [-0.2, -0.15) is 26.7 Å². The third-order valence-electron chi connectivity index (χ3n) is 4.15. The van der Waals surface area contributed by atoms with Crippen LogP contribution < -0.4 is 9.73 Å². The first-order chi connectivity index (χ1) is 13.4. The minimum atomic E-state index is -5.53. The van der Waals surface area contributed by atoms with E-state index < -0.39 is 15.5 Å². The Hall–Kier alpha value is -2.55. The maximum Gasteiger partial charge on any atom is 0.516 e. The molecule has 29 heavy (non-hydrogen) atoms. The van der Waals surface area contributed by atoms with Gasteiger partial charge in [-0.1, -0.05) is 36.2 Å². The normalized spacial score (nSPS) is 12.7. The van der Waals surface area contributed by atoms with Crippen molar-refractivity contribution in [2.75, 3.05) is 16.3 Å². The molecule has 0 heterocycles. The third-order valence-corrected chi connectivity index (χ3v) is 5.25. The van der Waals surface area contributed by atoms with Crippen LogP contribution in [-0.4, -0.2) is 26.2 Å². The van der Waals surface area contributed by atoms with Gasteiger partial charge in [-0.25, -0.2) is 0 Å². The SMILES string of the molecule is CCCN(/N=C(\C)c1cc(C)ccc1NS(=O)(=O)C(F)(F)F)c1ccc(C)cc1. The van der Waals surface area contributed by atoms with E-state index in [0.717, 1.165) is 23.2 Å². The monoisotopic (exact) mass is 427 g/mol. The Labute approximate surface area is 169 Å². The van der Waals surface area contributed by atoms with Crippen LogP contribution in [0.1, 0.15) is 37.0 Å². The summed E-state index contributed by atoms with van der Waals surface area (Å²) >= 11 is 0. The van der Waals surface area contributed by atoms with Crippen LogP contribution >= 0.6 is 0 Å². The summed E-state index contributed by atoms with van der Waals surface area (Å²) in [5.41, 5.74) is -2.21. The third kappa shape index (κ3) is 5.72. The van der Waals surface area contributed by atoms with Crippen molar-refractivity contribution in [1.29, 1.82) is 0 Å². The second kappa shape index (κ2) is 8.86. The molecule has 0 aliphatic rings. The van der Waals surface area contributed by atoms with Crippen molar-refractivity contribution in [3.8, 4) is 0 Å². The summed E-state index contributed by atoms with van der Waals surface area (Å²) in [6, 6.07) is 12.2. The molecule has 9 heteroatoms. The number of alkyl halides is 3. The molecule has 2 rings (SSSR count). The first-order valence-electron chi connectivity index (χ1n) is 9.04. The van der Waals surface area contributed by atoms with Gasteiger partial charge in [0, 0.05) is 12.1 Å². The van der Waals surface area contributed by atoms with E-state index >= 15 is 0 Å². The number of benzene rings is 2. The summed E-state index contributed by atoms with van der Waals surface area (Å²) in [5, 5.41) is 6.31. The molecule has 0 atom stereocenters. The van der Waals surface area contributed by atoms with E-state index in [9.17, 15) is 21.6 Å². The summed E-state index contributed by atoms with van der Waals surface area (Å²) < 4.78 is 63.2. The number of sulfonamides is 1. The molecule has 0 radical (unpaired) electrons. The highest BCUT2D eigenvalue weighted by Crippen LogP contribution is 2.28. The number of rotatable bonds is 7. The van der Waals surface area contributed by atoms with Gasteiger partial charge in [-0.05, 0) is 51.5 Å².